The molecule has 0 saturated heterocycles. The van der Waals surface area contributed by atoms with Gasteiger partial charge in [-0.2, -0.15) is 0 Å². The highest BCUT2D eigenvalue weighted by Crippen LogP contribution is 2.37. The van der Waals surface area contributed by atoms with Gasteiger partial charge >= 0.3 is 0 Å². The Bertz CT molecular complexity index is 749. The van der Waals surface area contributed by atoms with Gasteiger partial charge in [0.25, 0.3) is 5.91 Å². The molecule has 0 fully saturated rings. The first-order chi connectivity index (χ1) is 12.2. The highest BCUT2D eigenvalue weighted by Gasteiger charge is 2.46. The summed E-state index contributed by atoms with van der Waals surface area (Å²) < 4.78 is 6.02. The molecule has 2 heterocycles. The highest BCUT2D eigenvalue weighted by molar-refractivity contribution is 5.89. The Kier molecular flexibility index (Phi) is 4.89. The molecule has 0 atom stereocenters. The molecule has 1 N–H and O–H groups in total. The van der Waals surface area contributed by atoms with Crippen molar-refractivity contribution in [2.24, 2.45) is 0 Å². The standard InChI is InChI=1S/C21H22N2O2/c1-3-12-21(13-4-2)20(24)22-15-18-19(11-8-14-23(18)21)25-16-17-9-6-5-7-10-17/h3-11,14-15H,1-2,12-13,16H2,(H,22,24). The van der Waals surface area contributed by atoms with Crippen LogP contribution in [0.15, 0.2) is 91.6 Å². The molecular weight excluding hydrogens is 312 g/mol. The second-order valence-corrected chi connectivity index (χ2v) is 6.04. The lowest BCUT2D eigenvalue weighted by atomic mass is 9.85. The molecule has 0 unspecified atom stereocenters. The van der Waals surface area contributed by atoms with Crippen molar-refractivity contribution in [1.29, 1.82) is 0 Å². The smallest absolute Gasteiger partial charge is 0.250 e. The summed E-state index contributed by atoms with van der Waals surface area (Å²) in [5.74, 6) is 0.661. The average molecular weight is 334 g/mol. The van der Waals surface area contributed by atoms with E-state index < -0.39 is 5.54 Å². The predicted molar refractivity (Wildman–Crippen MR) is 98.9 cm³/mol. The third-order valence-corrected chi connectivity index (χ3v) is 4.42. The van der Waals surface area contributed by atoms with E-state index in [2.05, 4.69) is 18.5 Å². The first kappa shape index (κ1) is 16.8. The van der Waals surface area contributed by atoms with Crippen LogP contribution in [-0.2, 0) is 16.1 Å². The molecule has 2 aliphatic heterocycles. The van der Waals surface area contributed by atoms with Gasteiger partial charge in [0.05, 0.1) is 0 Å². The number of carbonyl (C=O) groups excluding carboxylic acids is 1. The van der Waals surface area contributed by atoms with E-state index in [-0.39, 0.29) is 5.91 Å². The molecule has 0 bridgehead atoms. The van der Waals surface area contributed by atoms with Gasteiger partial charge in [-0.25, -0.2) is 0 Å². The fourth-order valence-electron chi connectivity index (χ4n) is 3.19. The van der Waals surface area contributed by atoms with Gasteiger partial charge in [0, 0.05) is 12.4 Å². The van der Waals surface area contributed by atoms with Crippen LogP contribution in [-0.4, -0.2) is 16.3 Å². The van der Waals surface area contributed by atoms with Crippen LogP contribution in [0.25, 0.3) is 0 Å². The van der Waals surface area contributed by atoms with Crippen molar-refractivity contribution in [2.45, 2.75) is 25.0 Å². The van der Waals surface area contributed by atoms with E-state index in [1.54, 1.807) is 18.4 Å². The minimum Gasteiger partial charge on any atom is -0.487 e. The van der Waals surface area contributed by atoms with E-state index >= 15 is 0 Å². The van der Waals surface area contributed by atoms with Gasteiger partial charge < -0.3 is 15.0 Å². The van der Waals surface area contributed by atoms with Gasteiger partial charge in [-0.3, -0.25) is 4.79 Å². The number of carbonyl (C=O) groups is 1. The van der Waals surface area contributed by atoms with Crippen LogP contribution in [0.2, 0.25) is 0 Å². The Morgan fingerprint density at radius 3 is 2.56 bits per heavy atom. The topological polar surface area (TPSA) is 41.6 Å². The van der Waals surface area contributed by atoms with Gasteiger partial charge in [-0.15, -0.1) is 13.2 Å². The van der Waals surface area contributed by atoms with E-state index in [0.717, 1.165) is 17.0 Å². The molecule has 0 spiro atoms. The van der Waals surface area contributed by atoms with Crippen molar-refractivity contribution >= 4 is 5.91 Å². The molecule has 0 aromatic heterocycles. The molecule has 4 nitrogen and oxygen atoms in total. The van der Waals surface area contributed by atoms with Crippen LogP contribution < -0.4 is 5.32 Å². The lowest BCUT2D eigenvalue weighted by molar-refractivity contribution is -0.131. The van der Waals surface area contributed by atoms with Gasteiger partial charge in [0.2, 0.25) is 0 Å². The number of benzene rings is 1. The second kappa shape index (κ2) is 7.26. The second-order valence-electron chi connectivity index (χ2n) is 6.04. The molecule has 3 rings (SSSR count). The lowest BCUT2D eigenvalue weighted by Crippen LogP contribution is -2.59. The van der Waals surface area contributed by atoms with E-state index in [1.807, 2.05) is 53.6 Å². The van der Waals surface area contributed by atoms with E-state index in [9.17, 15) is 4.79 Å². The van der Waals surface area contributed by atoms with Crippen molar-refractivity contribution in [1.82, 2.24) is 10.2 Å². The maximum absolute atomic E-state index is 12.6. The van der Waals surface area contributed by atoms with E-state index in [4.69, 9.17) is 4.74 Å². The number of hydrogen-bond acceptors (Lipinski definition) is 3. The summed E-state index contributed by atoms with van der Waals surface area (Å²) in [6.45, 7) is 8.11. The molecule has 2 aliphatic rings. The van der Waals surface area contributed by atoms with Crippen molar-refractivity contribution in [2.75, 3.05) is 0 Å². The fraction of sp³-hybridized carbons (Fsp3) is 0.190. The number of fused-ring (bicyclic) bond motifs is 1. The Morgan fingerprint density at radius 1 is 1.16 bits per heavy atom. The molecule has 0 aliphatic carbocycles. The van der Waals surface area contributed by atoms with Crippen LogP contribution in [0, 0.1) is 0 Å². The Labute approximate surface area is 148 Å². The van der Waals surface area contributed by atoms with Crippen molar-refractivity contribution < 1.29 is 9.53 Å². The average Bonchev–Trinajstić information content (AvgIpc) is 2.64. The summed E-state index contributed by atoms with van der Waals surface area (Å²) in [7, 11) is 0. The third-order valence-electron chi connectivity index (χ3n) is 4.42. The molecule has 0 saturated carbocycles. The van der Waals surface area contributed by atoms with Gasteiger partial charge in [0.1, 0.15) is 23.6 Å². The number of hydrogen-bond donors (Lipinski definition) is 1. The molecule has 4 heteroatoms. The van der Waals surface area contributed by atoms with Crippen molar-refractivity contribution in [3.8, 4) is 0 Å². The molecule has 1 aromatic rings. The van der Waals surface area contributed by atoms with Crippen LogP contribution in [0.1, 0.15) is 18.4 Å². The molecular formula is C21H22N2O2. The molecule has 0 radical (unpaired) electrons. The first-order valence-corrected chi connectivity index (χ1v) is 8.29. The Balaban J connectivity index is 1.86. The summed E-state index contributed by atoms with van der Waals surface area (Å²) in [5, 5.41) is 2.88. The minimum absolute atomic E-state index is 0.0648. The van der Waals surface area contributed by atoms with Crippen LogP contribution in [0.5, 0.6) is 0 Å². The van der Waals surface area contributed by atoms with E-state index in [0.29, 0.717) is 19.4 Å². The maximum Gasteiger partial charge on any atom is 0.250 e. The number of amides is 1. The monoisotopic (exact) mass is 334 g/mol. The molecule has 1 amide bonds. The van der Waals surface area contributed by atoms with Crippen molar-refractivity contribution in [3.05, 3.63) is 97.2 Å². The number of ether oxygens (including phenoxy) is 1. The SMILES string of the molecule is C=CCC1(CC=C)C(=O)NC=C2C(OCc3ccccc3)=CC=CN21. The fourth-order valence-corrected chi connectivity index (χ4v) is 3.19. The van der Waals surface area contributed by atoms with Crippen molar-refractivity contribution in [3.63, 3.8) is 0 Å². The maximum atomic E-state index is 12.6. The zero-order valence-corrected chi connectivity index (χ0v) is 14.2. The van der Waals surface area contributed by atoms with E-state index in [1.165, 1.54) is 0 Å². The number of allylic oxidation sites excluding steroid dienone is 2. The Hall–Kier alpha value is -3.01. The number of nitrogens with zero attached hydrogens (tertiary/aromatic N) is 1. The normalized spacial score (nSPS) is 17.8. The largest absolute Gasteiger partial charge is 0.487 e. The number of rotatable bonds is 7. The summed E-state index contributed by atoms with van der Waals surface area (Å²) in [4.78, 5) is 14.6. The Morgan fingerprint density at radius 2 is 1.88 bits per heavy atom. The summed E-state index contributed by atoms with van der Waals surface area (Å²) >= 11 is 0. The van der Waals surface area contributed by atoms with Gasteiger partial charge in [0.15, 0.2) is 0 Å². The third kappa shape index (κ3) is 3.15. The first-order valence-electron chi connectivity index (χ1n) is 8.29. The van der Waals surface area contributed by atoms with Crippen LogP contribution >= 0.6 is 0 Å². The zero-order valence-electron chi connectivity index (χ0n) is 14.2. The van der Waals surface area contributed by atoms with Gasteiger partial charge in [-0.1, -0.05) is 42.5 Å². The number of nitrogens with one attached hydrogen (secondary N) is 1. The predicted octanol–water partition coefficient (Wildman–Crippen LogP) is 3.78. The van der Waals surface area contributed by atoms with Crippen LogP contribution in [0.4, 0.5) is 0 Å². The lowest BCUT2D eigenvalue weighted by Gasteiger charge is -2.46. The zero-order chi connectivity index (χ0) is 17.7. The van der Waals surface area contributed by atoms with Gasteiger partial charge in [-0.05, 0) is 30.6 Å². The molecule has 128 valence electrons. The minimum atomic E-state index is -0.764. The summed E-state index contributed by atoms with van der Waals surface area (Å²) in [5.41, 5.74) is 1.16. The van der Waals surface area contributed by atoms with Crippen LogP contribution in [0.3, 0.4) is 0 Å². The quantitative estimate of drug-likeness (QED) is 0.772. The summed E-state index contributed by atoms with van der Waals surface area (Å²) in [6.07, 6.45) is 12.0. The molecule has 25 heavy (non-hydrogen) atoms. The molecule has 1 aromatic carbocycles. The highest BCUT2D eigenvalue weighted by atomic mass is 16.5. The summed E-state index contributed by atoms with van der Waals surface area (Å²) in [6, 6.07) is 9.99.